The molecule has 0 radical (unpaired) electrons. The van der Waals surface area contributed by atoms with Crippen LogP contribution in [0.4, 0.5) is 11.4 Å². The number of nitrogens with one attached hydrogen (secondary N) is 1. The average molecular weight is 447 g/mol. The number of anilines is 2. The van der Waals surface area contributed by atoms with Crippen molar-refractivity contribution in [3.63, 3.8) is 0 Å². The quantitative estimate of drug-likeness (QED) is 0.362. The monoisotopic (exact) mass is 446 g/mol. The first kappa shape index (κ1) is 19.7. The number of carbonyl (C=O) groups is 2. The zero-order chi connectivity index (χ0) is 21.4. The lowest BCUT2D eigenvalue weighted by Crippen LogP contribution is -2.43. The number of hydrogen-bond acceptors (Lipinski definition) is 6. The molecule has 2 amide bonds. The van der Waals surface area contributed by atoms with Gasteiger partial charge < -0.3 is 10.2 Å². The van der Waals surface area contributed by atoms with Gasteiger partial charge in [0.25, 0.3) is 0 Å². The van der Waals surface area contributed by atoms with Gasteiger partial charge in [0.1, 0.15) is 22.2 Å². The highest BCUT2D eigenvalue weighted by Crippen LogP contribution is 2.37. The molecule has 6 nitrogen and oxygen atoms in total. The fourth-order valence-electron chi connectivity index (χ4n) is 3.52. The van der Waals surface area contributed by atoms with E-state index in [1.807, 2.05) is 43.3 Å². The number of thiophene rings is 1. The second kappa shape index (κ2) is 8.13. The number of aromatic nitrogens is 2. The molecule has 5 rings (SSSR count). The molecule has 2 aromatic heterocycles. The molecule has 3 heterocycles. The minimum atomic E-state index is -0.192. The van der Waals surface area contributed by atoms with Crippen LogP contribution in [0.3, 0.4) is 0 Å². The molecule has 0 bridgehead atoms. The topological polar surface area (TPSA) is 75.2 Å². The molecule has 8 heteroatoms. The summed E-state index contributed by atoms with van der Waals surface area (Å²) in [5.41, 5.74) is 2.51. The number of carbonyl (C=O) groups excluding carboxylic acids is 2. The van der Waals surface area contributed by atoms with Crippen molar-refractivity contribution in [3.05, 3.63) is 66.5 Å². The van der Waals surface area contributed by atoms with Crippen LogP contribution in [-0.2, 0) is 9.59 Å². The second-order valence-electron chi connectivity index (χ2n) is 7.11. The first-order chi connectivity index (χ1) is 15.1. The van der Waals surface area contributed by atoms with E-state index in [1.54, 1.807) is 17.4 Å². The number of rotatable bonds is 4. The number of amides is 2. The summed E-state index contributed by atoms with van der Waals surface area (Å²) in [6.07, 6.45) is 0. The van der Waals surface area contributed by atoms with Crippen LogP contribution in [0.15, 0.2) is 65.7 Å². The molecule has 0 aliphatic carbocycles. The van der Waals surface area contributed by atoms with Crippen molar-refractivity contribution in [2.75, 3.05) is 22.5 Å². The van der Waals surface area contributed by atoms with Gasteiger partial charge in [0.15, 0.2) is 0 Å². The number of fused-ring (bicyclic) bond motifs is 2. The van der Waals surface area contributed by atoms with E-state index in [9.17, 15) is 9.59 Å². The Labute approximate surface area is 187 Å². The molecular formula is C23H18N4O2S2. The average Bonchev–Trinajstić information content (AvgIpc) is 3.21. The predicted octanol–water partition coefficient (Wildman–Crippen LogP) is 4.74. The number of hydrogen-bond donors (Lipinski definition) is 1. The van der Waals surface area contributed by atoms with Gasteiger partial charge in [-0.15, -0.1) is 11.3 Å². The lowest BCUT2D eigenvalue weighted by Gasteiger charge is -2.29. The summed E-state index contributed by atoms with van der Waals surface area (Å²) in [5, 5.41) is 4.54. The maximum absolute atomic E-state index is 13.0. The molecule has 1 aliphatic heterocycles. The molecule has 0 fully saturated rings. The molecule has 0 unspecified atom stereocenters. The number of benzene rings is 2. The van der Waals surface area contributed by atoms with E-state index in [2.05, 4.69) is 33.5 Å². The molecule has 4 aromatic rings. The van der Waals surface area contributed by atoms with Crippen LogP contribution in [0, 0.1) is 6.92 Å². The molecule has 0 spiro atoms. The van der Waals surface area contributed by atoms with Crippen LogP contribution in [0.5, 0.6) is 0 Å². The summed E-state index contributed by atoms with van der Waals surface area (Å²) in [6, 6.07) is 19.6. The summed E-state index contributed by atoms with van der Waals surface area (Å²) in [4.78, 5) is 37.8. The minimum absolute atomic E-state index is 0.0191. The Morgan fingerprint density at radius 1 is 1.13 bits per heavy atom. The largest absolute Gasteiger partial charge is 0.323 e. The molecule has 0 saturated carbocycles. The smallest absolute Gasteiger partial charge is 0.244 e. The second-order valence-corrected chi connectivity index (χ2v) is 9.10. The summed E-state index contributed by atoms with van der Waals surface area (Å²) < 4.78 is 0. The highest BCUT2D eigenvalue weighted by Gasteiger charge is 2.26. The fraction of sp³-hybridized carbons (Fsp3) is 0.130. The van der Waals surface area contributed by atoms with Crippen LogP contribution in [0.25, 0.3) is 20.7 Å². The van der Waals surface area contributed by atoms with E-state index in [0.29, 0.717) is 11.5 Å². The van der Waals surface area contributed by atoms with Gasteiger partial charge in [0.2, 0.25) is 11.8 Å². The van der Waals surface area contributed by atoms with Crippen LogP contribution < -0.4 is 10.2 Å². The Hall–Kier alpha value is -3.23. The van der Waals surface area contributed by atoms with Crippen LogP contribution >= 0.6 is 23.1 Å². The zero-order valence-electron chi connectivity index (χ0n) is 16.7. The van der Waals surface area contributed by atoms with Crippen molar-refractivity contribution in [3.8, 4) is 10.4 Å². The third-order valence-electron chi connectivity index (χ3n) is 4.93. The van der Waals surface area contributed by atoms with Gasteiger partial charge in [0, 0.05) is 10.3 Å². The van der Waals surface area contributed by atoms with Gasteiger partial charge >= 0.3 is 0 Å². The third-order valence-corrected chi connectivity index (χ3v) is 6.99. The summed E-state index contributed by atoms with van der Waals surface area (Å²) in [7, 11) is 0. The van der Waals surface area contributed by atoms with Gasteiger partial charge in [-0.2, -0.15) is 0 Å². The maximum atomic E-state index is 13.0. The van der Waals surface area contributed by atoms with E-state index in [0.717, 1.165) is 31.4 Å². The van der Waals surface area contributed by atoms with Crippen molar-refractivity contribution in [2.45, 2.75) is 11.9 Å². The number of thioether (sulfide) groups is 1. The fourth-order valence-corrected chi connectivity index (χ4v) is 5.59. The summed E-state index contributed by atoms with van der Waals surface area (Å²) in [5.74, 6) is 0.536. The summed E-state index contributed by atoms with van der Waals surface area (Å²) in [6.45, 7) is 1.88. The van der Waals surface area contributed by atoms with Gasteiger partial charge in [-0.3, -0.25) is 9.59 Å². The summed E-state index contributed by atoms with van der Waals surface area (Å²) >= 11 is 3.00. The lowest BCUT2D eigenvalue weighted by molar-refractivity contribution is -0.120. The first-order valence-electron chi connectivity index (χ1n) is 9.74. The van der Waals surface area contributed by atoms with Crippen molar-refractivity contribution in [1.82, 2.24) is 9.97 Å². The zero-order valence-corrected chi connectivity index (χ0v) is 18.3. The van der Waals surface area contributed by atoms with Gasteiger partial charge in [-0.1, -0.05) is 54.2 Å². The number of aryl methyl sites for hydroxylation is 1. The van der Waals surface area contributed by atoms with Crippen molar-refractivity contribution < 1.29 is 9.59 Å². The Morgan fingerprint density at radius 2 is 1.90 bits per heavy atom. The van der Waals surface area contributed by atoms with Gasteiger partial charge in [-0.25, -0.2) is 9.97 Å². The maximum Gasteiger partial charge on any atom is 0.244 e. The normalized spacial score (nSPS) is 13.2. The Bertz CT molecular complexity index is 1300. The van der Waals surface area contributed by atoms with E-state index in [1.165, 1.54) is 16.7 Å². The minimum Gasteiger partial charge on any atom is -0.323 e. The van der Waals surface area contributed by atoms with E-state index in [-0.39, 0.29) is 24.1 Å². The van der Waals surface area contributed by atoms with E-state index < -0.39 is 0 Å². The molecule has 31 heavy (non-hydrogen) atoms. The third kappa shape index (κ3) is 3.92. The molecule has 154 valence electrons. The Balaban J connectivity index is 1.42. The van der Waals surface area contributed by atoms with Gasteiger partial charge in [-0.05, 0) is 30.7 Å². The number of para-hydroxylation sites is 2. The standard InChI is InChI=1S/C23H18N4O2S2/c1-14-24-22(16-11-19(31-23(16)25-14)15-7-3-2-4-8-15)30-13-21(29)27-12-20(28)26-17-9-5-6-10-18(17)27/h2-11H,12-13H2,1H3,(H,26,28). The Kier molecular flexibility index (Phi) is 5.17. The van der Waals surface area contributed by atoms with Crippen LogP contribution in [0.2, 0.25) is 0 Å². The van der Waals surface area contributed by atoms with Crippen molar-refractivity contribution in [2.24, 2.45) is 0 Å². The predicted molar refractivity (Wildman–Crippen MR) is 126 cm³/mol. The molecule has 0 atom stereocenters. The molecule has 1 aliphatic rings. The highest BCUT2D eigenvalue weighted by atomic mass is 32.2. The Morgan fingerprint density at radius 3 is 2.74 bits per heavy atom. The van der Waals surface area contributed by atoms with E-state index >= 15 is 0 Å². The van der Waals surface area contributed by atoms with Crippen LogP contribution in [-0.4, -0.2) is 34.1 Å². The van der Waals surface area contributed by atoms with Crippen molar-refractivity contribution in [1.29, 1.82) is 0 Å². The SMILES string of the molecule is Cc1nc(SCC(=O)N2CC(=O)Nc3ccccc32)c2cc(-c3ccccc3)sc2n1. The molecule has 0 saturated heterocycles. The number of nitrogens with zero attached hydrogens (tertiary/aromatic N) is 3. The van der Waals surface area contributed by atoms with Crippen LogP contribution in [0.1, 0.15) is 5.82 Å². The van der Waals surface area contributed by atoms with Gasteiger partial charge in [0.05, 0.1) is 17.1 Å². The molecule has 1 N–H and O–H groups in total. The van der Waals surface area contributed by atoms with Crippen molar-refractivity contribution >= 4 is 56.5 Å². The van der Waals surface area contributed by atoms with E-state index in [4.69, 9.17) is 0 Å². The lowest BCUT2D eigenvalue weighted by atomic mass is 10.2. The molecular weight excluding hydrogens is 428 g/mol. The molecule has 2 aromatic carbocycles. The first-order valence-corrected chi connectivity index (χ1v) is 11.5. The highest BCUT2D eigenvalue weighted by molar-refractivity contribution is 8.00.